The second-order valence-electron chi connectivity index (χ2n) is 3.94. The SMILES string of the molecule is COc1ccc(C2NCC(C)S2)c(Cl)c1OC. The largest absolute Gasteiger partial charge is 0.493 e. The summed E-state index contributed by atoms with van der Waals surface area (Å²) in [5.74, 6) is 1.27. The van der Waals surface area contributed by atoms with Gasteiger partial charge < -0.3 is 14.8 Å². The van der Waals surface area contributed by atoms with E-state index in [9.17, 15) is 0 Å². The minimum atomic E-state index is 0.234. The molecule has 0 saturated carbocycles. The lowest BCUT2D eigenvalue weighted by atomic mass is 10.2. The molecule has 1 aromatic carbocycles. The van der Waals surface area contributed by atoms with Gasteiger partial charge in [-0.15, -0.1) is 11.8 Å². The molecule has 0 spiro atoms. The molecular weight excluding hydrogens is 258 g/mol. The zero-order valence-electron chi connectivity index (χ0n) is 10.1. The molecule has 1 saturated heterocycles. The van der Waals surface area contributed by atoms with E-state index in [1.165, 1.54) is 0 Å². The van der Waals surface area contributed by atoms with Gasteiger partial charge in [-0.1, -0.05) is 24.6 Å². The Kier molecular flexibility index (Phi) is 4.07. The molecule has 1 N–H and O–H groups in total. The van der Waals surface area contributed by atoms with Crippen LogP contribution >= 0.6 is 23.4 Å². The molecule has 2 rings (SSSR count). The van der Waals surface area contributed by atoms with E-state index in [1.807, 2.05) is 23.9 Å². The summed E-state index contributed by atoms with van der Waals surface area (Å²) in [6.45, 7) is 3.20. The molecule has 17 heavy (non-hydrogen) atoms. The Morgan fingerprint density at radius 3 is 2.65 bits per heavy atom. The van der Waals surface area contributed by atoms with E-state index in [4.69, 9.17) is 21.1 Å². The topological polar surface area (TPSA) is 30.5 Å². The molecule has 2 atom stereocenters. The third-order valence-corrected chi connectivity index (χ3v) is 4.47. The lowest BCUT2D eigenvalue weighted by molar-refractivity contribution is 0.354. The smallest absolute Gasteiger partial charge is 0.179 e. The minimum absolute atomic E-state index is 0.234. The van der Waals surface area contributed by atoms with Gasteiger partial charge in [0.05, 0.1) is 24.6 Å². The number of ether oxygens (including phenoxy) is 2. The van der Waals surface area contributed by atoms with E-state index in [0.717, 1.165) is 12.1 Å². The van der Waals surface area contributed by atoms with Crippen LogP contribution in [0.1, 0.15) is 17.9 Å². The van der Waals surface area contributed by atoms with Crippen LogP contribution in [-0.4, -0.2) is 26.0 Å². The number of thioether (sulfide) groups is 1. The van der Waals surface area contributed by atoms with Crippen LogP contribution in [0.5, 0.6) is 11.5 Å². The molecule has 5 heteroatoms. The van der Waals surface area contributed by atoms with Crippen molar-refractivity contribution in [2.75, 3.05) is 20.8 Å². The number of hydrogen-bond donors (Lipinski definition) is 1. The van der Waals surface area contributed by atoms with E-state index in [1.54, 1.807) is 14.2 Å². The summed E-state index contributed by atoms with van der Waals surface area (Å²) < 4.78 is 10.5. The highest BCUT2D eigenvalue weighted by atomic mass is 35.5. The van der Waals surface area contributed by atoms with Crippen molar-refractivity contribution in [3.63, 3.8) is 0 Å². The van der Waals surface area contributed by atoms with Gasteiger partial charge in [-0.2, -0.15) is 0 Å². The number of benzene rings is 1. The van der Waals surface area contributed by atoms with E-state index in [-0.39, 0.29) is 5.37 Å². The Hall–Kier alpha value is -0.580. The standard InChI is InChI=1S/C12H16ClNO2S/c1-7-6-14-12(17-7)8-4-5-9(15-2)11(16-3)10(8)13/h4-5,7,12,14H,6H2,1-3H3. The van der Waals surface area contributed by atoms with Crippen LogP contribution in [-0.2, 0) is 0 Å². The summed E-state index contributed by atoms with van der Waals surface area (Å²) in [6.07, 6.45) is 0. The van der Waals surface area contributed by atoms with Crippen LogP contribution < -0.4 is 14.8 Å². The van der Waals surface area contributed by atoms with Gasteiger partial charge in [-0.3, -0.25) is 0 Å². The van der Waals surface area contributed by atoms with E-state index in [0.29, 0.717) is 21.8 Å². The molecule has 0 amide bonds. The molecule has 1 fully saturated rings. The van der Waals surface area contributed by atoms with Crippen molar-refractivity contribution in [3.05, 3.63) is 22.7 Å². The van der Waals surface area contributed by atoms with Crippen molar-refractivity contribution in [2.45, 2.75) is 17.5 Å². The van der Waals surface area contributed by atoms with Gasteiger partial charge in [0.1, 0.15) is 0 Å². The van der Waals surface area contributed by atoms with E-state index < -0.39 is 0 Å². The number of rotatable bonds is 3. The minimum Gasteiger partial charge on any atom is -0.493 e. The highest BCUT2D eigenvalue weighted by Crippen LogP contribution is 2.44. The zero-order chi connectivity index (χ0) is 12.4. The Balaban J connectivity index is 2.35. The summed E-state index contributed by atoms with van der Waals surface area (Å²) in [5, 5.41) is 4.90. The molecule has 3 nitrogen and oxygen atoms in total. The average molecular weight is 274 g/mol. The van der Waals surface area contributed by atoms with Crippen molar-refractivity contribution in [3.8, 4) is 11.5 Å². The highest BCUT2D eigenvalue weighted by Gasteiger charge is 2.26. The molecule has 0 aromatic heterocycles. The van der Waals surface area contributed by atoms with Gasteiger partial charge in [0.25, 0.3) is 0 Å². The average Bonchev–Trinajstić information content (AvgIpc) is 2.75. The van der Waals surface area contributed by atoms with Crippen LogP contribution in [0.3, 0.4) is 0 Å². The Morgan fingerprint density at radius 1 is 1.35 bits per heavy atom. The monoisotopic (exact) mass is 273 g/mol. The van der Waals surface area contributed by atoms with Crippen LogP contribution in [0.2, 0.25) is 5.02 Å². The van der Waals surface area contributed by atoms with Gasteiger partial charge in [0.2, 0.25) is 0 Å². The lowest BCUT2D eigenvalue weighted by Crippen LogP contribution is -2.14. The number of methoxy groups -OCH3 is 2. The molecular formula is C12H16ClNO2S. The second kappa shape index (κ2) is 5.38. The molecule has 1 heterocycles. The maximum absolute atomic E-state index is 6.36. The summed E-state index contributed by atoms with van der Waals surface area (Å²) in [4.78, 5) is 0. The summed E-state index contributed by atoms with van der Waals surface area (Å²) >= 11 is 8.24. The fourth-order valence-corrected chi connectivity index (χ4v) is 3.49. The van der Waals surface area contributed by atoms with Gasteiger partial charge in [0, 0.05) is 17.4 Å². The number of hydrogen-bond acceptors (Lipinski definition) is 4. The maximum Gasteiger partial charge on any atom is 0.179 e. The van der Waals surface area contributed by atoms with Gasteiger partial charge in [0.15, 0.2) is 11.5 Å². The molecule has 2 unspecified atom stereocenters. The van der Waals surface area contributed by atoms with Crippen molar-refractivity contribution in [2.24, 2.45) is 0 Å². The molecule has 0 radical (unpaired) electrons. The fraction of sp³-hybridized carbons (Fsp3) is 0.500. The fourth-order valence-electron chi connectivity index (χ4n) is 1.89. The van der Waals surface area contributed by atoms with E-state index >= 15 is 0 Å². The third kappa shape index (κ3) is 2.49. The number of nitrogens with one attached hydrogen (secondary N) is 1. The van der Waals surface area contributed by atoms with Gasteiger partial charge >= 0.3 is 0 Å². The Labute approximate surface area is 111 Å². The molecule has 0 bridgehead atoms. The first kappa shape index (κ1) is 12.9. The molecule has 0 aliphatic carbocycles. The molecule has 1 aliphatic heterocycles. The first-order valence-corrected chi connectivity index (χ1v) is 6.78. The lowest BCUT2D eigenvalue weighted by Gasteiger charge is -2.16. The Bertz CT molecular complexity index is 414. The predicted octanol–water partition coefficient (Wildman–Crippen LogP) is 3.08. The highest BCUT2D eigenvalue weighted by molar-refractivity contribution is 8.00. The molecule has 94 valence electrons. The van der Waals surface area contributed by atoms with Gasteiger partial charge in [-0.05, 0) is 6.07 Å². The zero-order valence-corrected chi connectivity index (χ0v) is 11.7. The normalized spacial score (nSPS) is 23.8. The number of halogens is 1. The first-order valence-electron chi connectivity index (χ1n) is 5.46. The molecule has 1 aliphatic rings. The van der Waals surface area contributed by atoms with Gasteiger partial charge in [-0.25, -0.2) is 0 Å². The quantitative estimate of drug-likeness (QED) is 0.917. The van der Waals surface area contributed by atoms with Crippen molar-refractivity contribution in [1.29, 1.82) is 0 Å². The van der Waals surface area contributed by atoms with Crippen LogP contribution in [0, 0.1) is 0 Å². The Morgan fingerprint density at radius 2 is 2.12 bits per heavy atom. The van der Waals surface area contributed by atoms with Crippen molar-refractivity contribution < 1.29 is 9.47 Å². The summed E-state index contributed by atoms with van der Waals surface area (Å²) in [7, 11) is 3.21. The second-order valence-corrected chi connectivity index (χ2v) is 5.87. The summed E-state index contributed by atoms with van der Waals surface area (Å²) in [5.41, 5.74) is 1.05. The van der Waals surface area contributed by atoms with Crippen molar-refractivity contribution in [1.82, 2.24) is 5.32 Å². The molecule has 1 aromatic rings. The van der Waals surface area contributed by atoms with Crippen LogP contribution in [0.4, 0.5) is 0 Å². The first-order chi connectivity index (χ1) is 8.17. The predicted molar refractivity (Wildman–Crippen MR) is 72.4 cm³/mol. The van der Waals surface area contributed by atoms with Crippen LogP contribution in [0.15, 0.2) is 12.1 Å². The van der Waals surface area contributed by atoms with Crippen molar-refractivity contribution >= 4 is 23.4 Å². The maximum atomic E-state index is 6.36. The third-order valence-electron chi connectivity index (χ3n) is 2.76. The van der Waals surface area contributed by atoms with Crippen LogP contribution in [0.25, 0.3) is 0 Å². The van der Waals surface area contributed by atoms with E-state index in [2.05, 4.69) is 12.2 Å². The summed E-state index contributed by atoms with van der Waals surface area (Å²) in [6, 6.07) is 3.89.